The highest BCUT2D eigenvalue weighted by Gasteiger charge is 2.52. The number of amides is 4. The van der Waals surface area contributed by atoms with E-state index >= 15 is 8.78 Å². The van der Waals surface area contributed by atoms with E-state index in [1.807, 2.05) is 24.3 Å². The Labute approximate surface area is 374 Å². The molecule has 0 bridgehead atoms. The third-order valence-electron chi connectivity index (χ3n) is 13.7. The number of imidazole rings is 2. The van der Waals surface area contributed by atoms with Gasteiger partial charge in [0.25, 0.3) is 11.8 Å². The fourth-order valence-electron chi connectivity index (χ4n) is 10.3. The molecule has 1 saturated carbocycles. The molecule has 65 heavy (non-hydrogen) atoms. The first-order chi connectivity index (χ1) is 30.8. The standard InChI is InChI=1S/C47H56F4N8O6/c1-25(2)37(56-43(62)64-5)41(60)58-23-46(48,49)19-35(58)39-52-21-33(54-39)28-11-9-27(10-12-28)31-16-29(15-30-17-45(18-32(30)31)13-7-8-14-45)34-22-53-40(55-34)36-20-47(50,51)24-59(36)42(61)38(26(3)4)57-44(63)65-6/h9-12,15-16,21-22,25-26,35-38H,7-8,13-14,17-20,23-24H2,1-6H3,(H,52,54)(H,53,55)(H,56,62)(H,57,63)/t35-,36-,37-,38-/m0/s1. The van der Waals surface area contributed by atoms with Gasteiger partial charge in [0.2, 0.25) is 11.8 Å². The minimum Gasteiger partial charge on any atom is -0.453 e. The fourth-order valence-corrected chi connectivity index (χ4v) is 10.3. The molecule has 8 rings (SSSR count). The molecule has 14 nitrogen and oxygen atoms in total. The average Bonchev–Trinajstić information content (AvgIpc) is 4.14. The first-order valence-electron chi connectivity index (χ1n) is 22.2. The number of methoxy groups -OCH3 is 2. The molecular formula is C47H56F4N8O6. The first-order valence-corrected chi connectivity index (χ1v) is 22.2. The predicted octanol–water partition coefficient (Wildman–Crippen LogP) is 8.37. The number of alkyl carbamates (subject to hydrolysis) is 2. The summed E-state index contributed by atoms with van der Waals surface area (Å²) in [4.78, 5) is 69.2. The molecule has 3 fully saturated rings. The van der Waals surface area contributed by atoms with Crippen LogP contribution in [0.3, 0.4) is 0 Å². The zero-order valence-electron chi connectivity index (χ0n) is 37.4. The van der Waals surface area contributed by atoms with E-state index in [1.54, 1.807) is 40.1 Å². The van der Waals surface area contributed by atoms with Crippen molar-refractivity contribution in [1.82, 2.24) is 40.4 Å². The number of carbonyl (C=O) groups excluding carboxylic acids is 4. The van der Waals surface area contributed by atoms with Gasteiger partial charge in [0.1, 0.15) is 23.7 Å². The van der Waals surface area contributed by atoms with Crippen LogP contribution in [0.5, 0.6) is 0 Å². The lowest BCUT2D eigenvalue weighted by Crippen LogP contribution is -2.51. The van der Waals surface area contributed by atoms with Crippen molar-refractivity contribution in [3.8, 4) is 33.6 Å². The van der Waals surface area contributed by atoms with Crippen LogP contribution in [0.25, 0.3) is 33.6 Å². The summed E-state index contributed by atoms with van der Waals surface area (Å²) >= 11 is 0. The van der Waals surface area contributed by atoms with Crippen LogP contribution in [-0.4, -0.2) is 105 Å². The van der Waals surface area contributed by atoms with Gasteiger partial charge in [0.15, 0.2) is 0 Å². The van der Waals surface area contributed by atoms with Crippen LogP contribution in [0, 0.1) is 17.3 Å². The molecule has 4 N–H and O–H groups in total. The highest BCUT2D eigenvalue weighted by Crippen LogP contribution is 2.52. The molecule has 2 aliphatic heterocycles. The number of halogens is 4. The molecule has 4 aliphatic rings. The van der Waals surface area contributed by atoms with Gasteiger partial charge in [0.05, 0.1) is 63.2 Å². The van der Waals surface area contributed by atoms with Gasteiger partial charge < -0.3 is 39.9 Å². The highest BCUT2D eigenvalue weighted by atomic mass is 19.3. The Bertz CT molecular complexity index is 2450. The quantitative estimate of drug-likeness (QED) is 0.109. The van der Waals surface area contributed by atoms with Crippen LogP contribution in [-0.2, 0) is 31.9 Å². The second-order valence-corrected chi connectivity index (χ2v) is 19.0. The maximum atomic E-state index is 15.1. The molecule has 2 aromatic heterocycles. The van der Waals surface area contributed by atoms with Gasteiger partial charge in [-0.2, -0.15) is 0 Å². The van der Waals surface area contributed by atoms with Gasteiger partial charge in [-0.1, -0.05) is 64.8 Å². The molecule has 18 heteroatoms. The predicted molar refractivity (Wildman–Crippen MR) is 232 cm³/mol. The van der Waals surface area contributed by atoms with Gasteiger partial charge in [-0.25, -0.2) is 37.1 Å². The number of ether oxygens (including phenoxy) is 2. The topological polar surface area (TPSA) is 175 Å². The number of benzene rings is 2. The monoisotopic (exact) mass is 904 g/mol. The highest BCUT2D eigenvalue weighted by molar-refractivity contribution is 5.87. The number of likely N-dealkylation sites (tertiary alicyclic amines) is 2. The third-order valence-corrected chi connectivity index (χ3v) is 13.7. The van der Waals surface area contributed by atoms with E-state index in [0.717, 1.165) is 64.8 Å². The minimum atomic E-state index is -3.17. The number of H-pyrrole nitrogens is 2. The molecule has 348 valence electrons. The van der Waals surface area contributed by atoms with Gasteiger partial charge in [-0.05, 0) is 82.9 Å². The molecule has 0 radical (unpaired) electrons. The van der Waals surface area contributed by atoms with Crippen molar-refractivity contribution >= 4 is 24.0 Å². The number of carbonyl (C=O) groups is 4. The molecule has 4 amide bonds. The van der Waals surface area contributed by atoms with E-state index in [-0.39, 0.29) is 17.1 Å². The van der Waals surface area contributed by atoms with E-state index in [1.165, 1.54) is 31.1 Å². The van der Waals surface area contributed by atoms with Crippen LogP contribution in [0.1, 0.15) is 101 Å². The molecule has 2 aliphatic carbocycles. The van der Waals surface area contributed by atoms with E-state index in [2.05, 4.69) is 47.4 Å². The Balaban J connectivity index is 1.08. The maximum absolute atomic E-state index is 15.1. The second-order valence-electron chi connectivity index (χ2n) is 19.0. The van der Waals surface area contributed by atoms with Crippen molar-refractivity contribution in [1.29, 1.82) is 0 Å². The summed E-state index contributed by atoms with van der Waals surface area (Å²) < 4.78 is 69.6. The maximum Gasteiger partial charge on any atom is 0.407 e. The number of aromatic amines is 2. The van der Waals surface area contributed by atoms with Crippen molar-refractivity contribution in [3.63, 3.8) is 0 Å². The Morgan fingerprint density at radius 1 is 0.692 bits per heavy atom. The van der Waals surface area contributed by atoms with E-state index in [0.29, 0.717) is 11.4 Å². The first kappa shape index (κ1) is 45.6. The number of fused-ring (bicyclic) bond motifs is 1. The lowest BCUT2D eigenvalue weighted by molar-refractivity contribution is -0.137. The Hall–Kier alpha value is -5.94. The summed E-state index contributed by atoms with van der Waals surface area (Å²) in [5, 5.41) is 4.98. The Morgan fingerprint density at radius 3 is 1.62 bits per heavy atom. The van der Waals surface area contributed by atoms with Crippen LogP contribution in [0.15, 0.2) is 48.8 Å². The van der Waals surface area contributed by atoms with Crippen molar-refractivity contribution < 1.29 is 46.2 Å². The van der Waals surface area contributed by atoms with E-state index in [9.17, 15) is 28.0 Å². The number of nitrogens with one attached hydrogen (secondary N) is 4. The van der Waals surface area contributed by atoms with Crippen LogP contribution < -0.4 is 10.6 Å². The summed E-state index contributed by atoms with van der Waals surface area (Å²) in [5.41, 5.74) is 7.34. The molecule has 1 spiro atoms. The second kappa shape index (κ2) is 17.5. The molecule has 2 aromatic carbocycles. The third kappa shape index (κ3) is 9.17. The number of alkyl halides is 4. The van der Waals surface area contributed by atoms with Crippen LogP contribution in [0.4, 0.5) is 27.2 Å². The Kier molecular flexibility index (Phi) is 12.3. The van der Waals surface area contributed by atoms with Gasteiger partial charge >= 0.3 is 12.2 Å². The summed E-state index contributed by atoms with van der Waals surface area (Å²) in [6, 6.07) is 7.79. The van der Waals surface area contributed by atoms with Crippen molar-refractivity contribution in [2.45, 2.75) is 115 Å². The smallest absolute Gasteiger partial charge is 0.407 e. The van der Waals surface area contributed by atoms with Crippen molar-refractivity contribution in [2.24, 2.45) is 17.3 Å². The van der Waals surface area contributed by atoms with Gasteiger partial charge in [-0.3, -0.25) is 9.59 Å². The lowest BCUT2D eigenvalue weighted by atomic mass is 9.83. The SMILES string of the molecule is COC(=O)N[C@H](C(=O)N1CC(F)(F)C[C@H]1c1ncc(-c2ccc(-c3cc(-c4cnc([C@@H]5CC(F)(F)CN5C(=O)[C@@H](NC(=O)OC)C(C)C)[nH]4)cc4c3CC3(CCCC3)C4)cc2)[nH]1)C(C)C. The molecule has 4 heterocycles. The fraction of sp³-hybridized carbons (Fsp3) is 0.532. The van der Waals surface area contributed by atoms with Crippen molar-refractivity contribution in [3.05, 3.63) is 71.6 Å². The lowest BCUT2D eigenvalue weighted by Gasteiger charge is -2.29. The number of hydrogen-bond acceptors (Lipinski definition) is 8. The summed E-state index contributed by atoms with van der Waals surface area (Å²) in [5.74, 6) is -8.03. The average molecular weight is 905 g/mol. The zero-order valence-corrected chi connectivity index (χ0v) is 37.4. The summed E-state index contributed by atoms with van der Waals surface area (Å²) in [7, 11) is 2.33. The normalized spacial score (nSPS) is 21.5. The molecule has 4 aromatic rings. The number of hydrogen-bond donors (Lipinski definition) is 4. The summed E-state index contributed by atoms with van der Waals surface area (Å²) in [6.07, 6.45) is 6.67. The molecule has 4 atom stereocenters. The van der Waals surface area contributed by atoms with Crippen LogP contribution >= 0.6 is 0 Å². The zero-order chi connectivity index (χ0) is 46.6. The van der Waals surface area contributed by atoms with Gasteiger partial charge in [0, 0.05) is 18.4 Å². The van der Waals surface area contributed by atoms with Crippen LogP contribution in [0.2, 0.25) is 0 Å². The van der Waals surface area contributed by atoms with Crippen molar-refractivity contribution in [2.75, 3.05) is 27.3 Å². The molecular weight excluding hydrogens is 849 g/mol. The van der Waals surface area contributed by atoms with E-state index in [4.69, 9.17) is 4.74 Å². The number of rotatable bonds is 11. The minimum absolute atomic E-state index is 0.166. The summed E-state index contributed by atoms with van der Waals surface area (Å²) in [6.45, 7) is 5.21. The largest absolute Gasteiger partial charge is 0.453 e. The number of aromatic nitrogens is 4. The van der Waals surface area contributed by atoms with E-state index < -0.39 is 97.8 Å². The number of nitrogens with zero attached hydrogens (tertiary/aromatic N) is 4. The molecule has 2 saturated heterocycles. The Morgan fingerprint density at radius 2 is 1.15 bits per heavy atom. The van der Waals surface area contributed by atoms with Gasteiger partial charge in [-0.15, -0.1) is 0 Å². The molecule has 0 unspecified atom stereocenters.